The van der Waals surface area contributed by atoms with E-state index in [0.29, 0.717) is 19.7 Å². The number of ether oxygens (including phenoxy) is 3. The number of rotatable bonds is 1. The van der Waals surface area contributed by atoms with Crippen LogP contribution in [0.5, 0.6) is 11.5 Å². The Kier molecular flexibility index (Phi) is 4.72. The van der Waals surface area contributed by atoms with E-state index in [1.807, 2.05) is 26.8 Å². The first kappa shape index (κ1) is 17.4. The van der Waals surface area contributed by atoms with Gasteiger partial charge in [-0.3, -0.25) is 0 Å². The van der Waals surface area contributed by atoms with Gasteiger partial charge in [-0.2, -0.15) is 0 Å². The first-order valence-electron chi connectivity index (χ1n) is 8.04. The van der Waals surface area contributed by atoms with Crippen molar-refractivity contribution in [1.82, 2.24) is 4.90 Å². The third-order valence-corrected chi connectivity index (χ3v) is 4.96. The molecule has 0 aromatic heterocycles. The Hall–Kier alpha value is -1.38. The normalized spacial score (nSPS) is 20.0. The Morgan fingerprint density at radius 1 is 1.33 bits per heavy atom. The standard InChI is InChI=1S/C17H23IN2O4/c1-17(2,3)24-16(21)19-7-8-20-11(9-19)10-23-15-13(20)6-5-12(18)14(15)22-4/h5-6,11H,7-10H2,1-4H3/t11-/m1/s1. The lowest BCUT2D eigenvalue weighted by Crippen LogP contribution is -2.59. The van der Waals surface area contributed by atoms with Crippen LogP contribution in [0, 0.1) is 3.57 Å². The molecule has 1 fully saturated rings. The summed E-state index contributed by atoms with van der Waals surface area (Å²) < 4.78 is 18.0. The number of hydrogen-bond donors (Lipinski definition) is 0. The van der Waals surface area contributed by atoms with Crippen molar-refractivity contribution in [2.75, 3.05) is 38.3 Å². The number of carbonyl (C=O) groups is 1. The van der Waals surface area contributed by atoms with Gasteiger partial charge in [0.1, 0.15) is 12.2 Å². The maximum atomic E-state index is 12.3. The molecule has 7 heteroatoms. The van der Waals surface area contributed by atoms with Crippen LogP contribution in [0.3, 0.4) is 0 Å². The van der Waals surface area contributed by atoms with E-state index in [1.54, 1.807) is 12.0 Å². The SMILES string of the molecule is COc1c(I)ccc2c1OC[C@H]1CN(C(=O)OC(C)(C)C)CCN21. The number of anilines is 1. The molecule has 24 heavy (non-hydrogen) atoms. The summed E-state index contributed by atoms with van der Waals surface area (Å²) in [6.07, 6.45) is -0.256. The summed E-state index contributed by atoms with van der Waals surface area (Å²) in [6, 6.07) is 4.22. The number of benzene rings is 1. The number of amides is 1. The van der Waals surface area contributed by atoms with Crippen LogP contribution >= 0.6 is 22.6 Å². The van der Waals surface area contributed by atoms with Gasteiger partial charge in [-0.25, -0.2) is 4.79 Å². The van der Waals surface area contributed by atoms with Crippen molar-refractivity contribution in [2.45, 2.75) is 32.4 Å². The van der Waals surface area contributed by atoms with Crippen molar-refractivity contribution in [3.05, 3.63) is 15.7 Å². The molecule has 2 aliphatic rings. The van der Waals surface area contributed by atoms with Crippen LogP contribution in [-0.4, -0.2) is 56.0 Å². The van der Waals surface area contributed by atoms with Gasteiger partial charge in [-0.15, -0.1) is 0 Å². The van der Waals surface area contributed by atoms with Gasteiger partial charge in [0.25, 0.3) is 0 Å². The zero-order valence-electron chi connectivity index (χ0n) is 14.5. The second-order valence-electron chi connectivity index (χ2n) is 7.01. The predicted octanol–water partition coefficient (Wildman–Crippen LogP) is 3.12. The monoisotopic (exact) mass is 446 g/mol. The fourth-order valence-corrected chi connectivity index (χ4v) is 3.72. The molecule has 1 amide bonds. The molecule has 1 atom stereocenters. The second kappa shape index (κ2) is 6.50. The number of nitrogens with zero attached hydrogens (tertiary/aromatic N) is 2. The summed E-state index contributed by atoms with van der Waals surface area (Å²) in [4.78, 5) is 16.4. The summed E-state index contributed by atoms with van der Waals surface area (Å²) in [6.45, 7) is 8.17. The second-order valence-corrected chi connectivity index (χ2v) is 8.18. The molecular formula is C17H23IN2O4. The van der Waals surface area contributed by atoms with E-state index >= 15 is 0 Å². The third kappa shape index (κ3) is 3.36. The summed E-state index contributed by atoms with van der Waals surface area (Å²) in [5.74, 6) is 1.58. The molecule has 0 radical (unpaired) electrons. The minimum absolute atomic E-state index is 0.128. The van der Waals surface area contributed by atoms with E-state index in [-0.39, 0.29) is 12.1 Å². The third-order valence-electron chi connectivity index (χ3n) is 4.11. The van der Waals surface area contributed by atoms with Crippen LogP contribution in [0.4, 0.5) is 10.5 Å². The number of fused-ring (bicyclic) bond motifs is 3. The molecule has 0 N–H and O–H groups in total. The van der Waals surface area contributed by atoms with E-state index in [0.717, 1.165) is 27.3 Å². The molecule has 0 unspecified atom stereocenters. The molecule has 0 spiro atoms. The lowest BCUT2D eigenvalue weighted by molar-refractivity contribution is 0.0194. The Labute approximate surface area is 156 Å². The summed E-state index contributed by atoms with van der Waals surface area (Å²) in [5, 5.41) is 0. The van der Waals surface area contributed by atoms with Crippen molar-refractivity contribution in [3.63, 3.8) is 0 Å². The average molecular weight is 446 g/mol. The van der Waals surface area contributed by atoms with E-state index in [9.17, 15) is 4.79 Å². The molecular weight excluding hydrogens is 423 g/mol. The van der Waals surface area contributed by atoms with Gasteiger partial charge in [0.15, 0.2) is 11.5 Å². The number of carbonyl (C=O) groups excluding carboxylic acids is 1. The zero-order chi connectivity index (χ0) is 17.5. The van der Waals surface area contributed by atoms with Gasteiger partial charge in [-0.1, -0.05) is 0 Å². The molecule has 0 bridgehead atoms. The van der Waals surface area contributed by atoms with E-state index in [2.05, 4.69) is 33.6 Å². The van der Waals surface area contributed by atoms with Gasteiger partial charge in [0.05, 0.1) is 22.4 Å². The zero-order valence-corrected chi connectivity index (χ0v) is 16.6. The molecule has 1 aromatic carbocycles. The Balaban J connectivity index is 1.77. The van der Waals surface area contributed by atoms with Gasteiger partial charge in [0, 0.05) is 19.6 Å². The number of halogens is 1. The summed E-state index contributed by atoms with van der Waals surface area (Å²) >= 11 is 2.25. The quantitative estimate of drug-likeness (QED) is 0.621. The van der Waals surface area contributed by atoms with Crippen LogP contribution in [0.2, 0.25) is 0 Å². The first-order valence-corrected chi connectivity index (χ1v) is 9.12. The molecule has 2 aliphatic heterocycles. The van der Waals surface area contributed by atoms with E-state index in [1.165, 1.54) is 0 Å². The van der Waals surface area contributed by atoms with Gasteiger partial charge in [-0.05, 0) is 55.5 Å². The van der Waals surface area contributed by atoms with Crippen LogP contribution < -0.4 is 14.4 Å². The highest BCUT2D eigenvalue weighted by atomic mass is 127. The number of piperazine rings is 1. The molecule has 2 heterocycles. The maximum Gasteiger partial charge on any atom is 0.410 e. The number of hydrogen-bond acceptors (Lipinski definition) is 5. The first-order chi connectivity index (χ1) is 11.3. The largest absolute Gasteiger partial charge is 0.492 e. The minimum Gasteiger partial charge on any atom is -0.492 e. The van der Waals surface area contributed by atoms with Gasteiger partial charge in [0.2, 0.25) is 0 Å². The van der Waals surface area contributed by atoms with Crippen molar-refractivity contribution >= 4 is 34.4 Å². The van der Waals surface area contributed by atoms with Crippen molar-refractivity contribution < 1.29 is 19.0 Å². The smallest absolute Gasteiger partial charge is 0.410 e. The molecule has 1 saturated heterocycles. The lowest BCUT2D eigenvalue weighted by atomic mass is 10.1. The Bertz CT molecular complexity index is 644. The van der Waals surface area contributed by atoms with Crippen molar-refractivity contribution in [1.29, 1.82) is 0 Å². The van der Waals surface area contributed by atoms with Crippen LogP contribution in [0.15, 0.2) is 12.1 Å². The molecule has 0 aliphatic carbocycles. The van der Waals surface area contributed by atoms with E-state index < -0.39 is 5.60 Å². The van der Waals surface area contributed by atoms with Gasteiger partial charge < -0.3 is 24.0 Å². The molecule has 1 aromatic rings. The van der Waals surface area contributed by atoms with Crippen LogP contribution in [-0.2, 0) is 4.74 Å². The topological polar surface area (TPSA) is 51.2 Å². The highest BCUT2D eigenvalue weighted by Crippen LogP contribution is 2.44. The average Bonchev–Trinajstić information content (AvgIpc) is 2.52. The van der Waals surface area contributed by atoms with Crippen LogP contribution in [0.25, 0.3) is 0 Å². The molecule has 6 nitrogen and oxygen atoms in total. The van der Waals surface area contributed by atoms with Crippen LogP contribution in [0.1, 0.15) is 20.8 Å². The lowest BCUT2D eigenvalue weighted by Gasteiger charge is -2.45. The summed E-state index contributed by atoms with van der Waals surface area (Å²) in [5.41, 5.74) is 0.556. The summed E-state index contributed by atoms with van der Waals surface area (Å²) in [7, 11) is 1.66. The maximum absolute atomic E-state index is 12.3. The van der Waals surface area contributed by atoms with Crippen molar-refractivity contribution in [3.8, 4) is 11.5 Å². The fraction of sp³-hybridized carbons (Fsp3) is 0.588. The molecule has 132 valence electrons. The van der Waals surface area contributed by atoms with Gasteiger partial charge >= 0.3 is 6.09 Å². The predicted molar refractivity (Wildman–Crippen MR) is 100 cm³/mol. The fourth-order valence-electron chi connectivity index (χ4n) is 3.07. The Morgan fingerprint density at radius 2 is 2.08 bits per heavy atom. The van der Waals surface area contributed by atoms with Crippen molar-refractivity contribution in [2.24, 2.45) is 0 Å². The molecule has 3 rings (SSSR count). The highest BCUT2D eigenvalue weighted by molar-refractivity contribution is 14.1. The Morgan fingerprint density at radius 3 is 2.75 bits per heavy atom. The van der Waals surface area contributed by atoms with E-state index in [4.69, 9.17) is 14.2 Å². The minimum atomic E-state index is -0.478. The molecule has 0 saturated carbocycles. The highest BCUT2D eigenvalue weighted by Gasteiger charge is 2.37. The number of methoxy groups -OCH3 is 1.